The van der Waals surface area contributed by atoms with Crippen molar-refractivity contribution in [1.29, 1.82) is 0 Å². The number of sulfonamides is 1. The Kier molecular flexibility index (Phi) is 4.63. The van der Waals surface area contributed by atoms with Gasteiger partial charge < -0.3 is 4.74 Å². The van der Waals surface area contributed by atoms with Crippen molar-refractivity contribution in [3.63, 3.8) is 0 Å². The fourth-order valence-electron chi connectivity index (χ4n) is 2.64. The number of hydrogen-bond donors (Lipinski definition) is 0. The average Bonchev–Trinajstić information content (AvgIpc) is 2.58. The topological polar surface area (TPSA) is 46.6 Å². The van der Waals surface area contributed by atoms with E-state index in [1.807, 2.05) is 0 Å². The zero-order valence-electron chi connectivity index (χ0n) is 12.6. The van der Waals surface area contributed by atoms with Gasteiger partial charge in [-0.2, -0.15) is 4.31 Å². The fraction of sp³-hybridized carbons (Fsp3) is 0.294. The van der Waals surface area contributed by atoms with Crippen LogP contribution in [0.4, 0.5) is 4.39 Å². The Morgan fingerprint density at radius 1 is 0.957 bits per heavy atom. The lowest BCUT2D eigenvalue weighted by Crippen LogP contribution is -2.41. The Balaban J connectivity index is 1.61. The number of ether oxygens (including phenoxy) is 1. The Labute approximate surface area is 135 Å². The summed E-state index contributed by atoms with van der Waals surface area (Å²) in [7, 11) is -3.44. The largest absolute Gasteiger partial charge is 0.490 e. The van der Waals surface area contributed by atoms with E-state index < -0.39 is 10.0 Å². The molecule has 0 unspecified atom stereocenters. The first-order chi connectivity index (χ1) is 11.1. The molecule has 1 aliphatic heterocycles. The SMILES string of the molecule is O=S(=O)(c1ccccc1)N1CCC(Oc2ccc(F)cc2)CC1. The van der Waals surface area contributed by atoms with E-state index in [1.165, 1.54) is 16.4 Å². The lowest BCUT2D eigenvalue weighted by Gasteiger charge is -2.31. The molecule has 1 fully saturated rings. The number of hydrogen-bond acceptors (Lipinski definition) is 3. The molecular formula is C17H18FNO3S. The minimum Gasteiger partial charge on any atom is -0.490 e. The van der Waals surface area contributed by atoms with Crippen LogP contribution in [-0.2, 0) is 10.0 Å². The summed E-state index contributed by atoms with van der Waals surface area (Å²) in [4.78, 5) is 0.318. The van der Waals surface area contributed by atoms with E-state index >= 15 is 0 Å². The highest BCUT2D eigenvalue weighted by atomic mass is 32.2. The Morgan fingerprint density at radius 3 is 2.17 bits per heavy atom. The van der Waals surface area contributed by atoms with E-state index in [-0.39, 0.29) is 11.9 Å². The molecular weight excluding hydrogens is 317 g/mol. The summed E-state index contributed by atoms with van der Waals surface area (Å²) in [5.74, 6) is 0.303. The molecule has 0 radical (unpaired) electrons. The standard InChI is InChI=1S/C17H18FNO3S/c18-14-6-8-15(9-7-14)22-16-10-12-19(13-11-16)23(20,21)17-4-2-1-3-5-17/h1-9,16H,10-13H2. The van der Waals surface area contributed by atoms with Gasteiger partial charge in [0, 0.05) is 13.1 Å². The maximum atomic E-state index is 12.9. The molecule has 1 aliphatic rings. The summed E-state index contributed by atoms with van der Waals surface area (Å²) >= 11 is 0. The van der Waals surface area contributed by atoms with E-state index in [1.54, 1.807) is 42.5 Å². The van der Waals surface area contributed by atoms with E-state index in [9.17, 15) is 12.8 Å². The molecule has 1 saturated heterocycles. The van der Waals surface area contributed by atoms with E-state index in [2.05, 4.69) is 0 Å². The van der Waals surface area contributed by atoms with Crippen LogP contribution < -0.4 is 4.74 Å². The highest BCUT2D eigenvalue weighted by molar-refractivity contribution is 7.89. The summed E-state index contributed by atoms with van der Waals surface area (Å²) in [6.45, 7) is 0.839. The molecule has 0 saturated carbocycles. The second kappa shape index (κ2) is 6.68. The molecule has 0 atom stereocenters. The number of halogens is 1. The summed E-state index contributed by atoms with van der Waals surface area (Å²) in [5, 5.41) is 0. The van der Waals surface area contributed by atoms with Crippen molar-refractivity contribution in [2.75, 3.05) is 13.1 Å². The number of benzene rings is 2. The fourth-order valence-corrected chi connectivity index (χ4v) is 4.13. The van der Waals surface area contributed by atoms with Gasteiger partial charge in [-0.3, -0.25) is 0 Å². The molecule has 122 valence electrons. The lowest BCUT2D eigenvalue weighted by atomic mass is 10.1. The van der Waals surface area contributed by atoms with Gasteiger partial charge in [0.1, 0.15) is 17.7 Å². The van der Waals surface area contributed by atoms with E-state index in [0.29, 0.717) is 36.6 Å². The third-order valence-corrected chi connectivity index (χ3v) is 5.81. The van der Waals surface area contributed by atoms with Crippen LogP contribution in [0, 0.1) is 5.82 Å². The normalized spacial score (nSPS) is 17.1. The summed E-state index contributed by atoms with van der Waals surface area (Å²) in [5.41, 5.74) is 0. The molecule has 0 amide bonds. The number of nitrogens with zero attached hydrogens (tertiary/aromatic N) is 1. The van der Waals surface area contributed by atoms with Crippen molar-refractivity contribution >= 4 is 10.0 Å². The number of rotatable bonds is 4. The van der Waals surface area contributed by atoms with Gasteiger partial charge in [-0.15, -0.1) is 0 Å². The van der Waals surface area contributed by atoms with Gasteiger partial charge in [0.25, 0.3) is 0 Å². The van der Waals surface area contributed by atoms with Crippen LogP contribution in [0.5, 0.6) is 5.75 Å². The number of piperidine rings is 1. The third kappa shape index (κ3) is 3.71. The molecule has 0 aliphatic carbocycles. The monoisotopic (exact) mass is 335 g/mol. The zero-order chi connectivity index (χ0) is 16.3. The van der Waals surface area contributed by atoms with Crippen molar-refractivity contribution in [3.05, 3.63) is 60.4 Å². The summed E-state index contributed by atoms with van der Waals surface area (Å²) in [6, 6.07) is 14.3. The van der Waals surface area contributed by atoms with Crippen molar-refractivity contribution in [1.82, 2.24) is 4.31 Å². The van der Waals surface area contributed by atoms with Gasteiger partial charge >= 0.3 is 0 Å². The first-order valence-electron chi connectivity index (χ1n) is 7.53. The first kappa shape index (κ1) is 16.0. The van der Waals surface area contributed by atoms with Gasteiger partial charge in [0.15, 0.2) is 0 Å². The molecule has 4 nitrogen and oxygen atoms in total. The maximum absolute atomic E-state index is 12.9. The van der Waals surface area contributed by atoms with Crippen LogP contribution in [0.1, 0.15) is 12.8 Å². The molecule has 6 heteroatoms. The molecule has 0 aromatic heterocycles. The van der Waals surface area contributed by atoms with Crippen molar-refractivity contribution < 1.29 is 17.5 Å². The molecule has 1 heterocycles. The molecule has 0 N–H and O–H groups in total. The van der Waals surface area contributed by atoms with Gasteiger partial charge in [0.2, 0.25) is 10.0 Å². The third-order valence-electron chi connectivity index (χ3n) is 3.90. The van der Waals surface area contributed by atoms with Crippen LogP contribution in [0.15, 0.2) is 59.5 Å². The second-order valence-corrected chi connectivity index (χ2v) is 7.43. The van der Waals surface area contributed by atoms with Crippen molar-refractivity contribution in [2.45, 2.75) is 23.8 Å². The molecule has 23 heavy (non-hydrogen) atoms. The Hall–Kier alpha value is -1.92. The van der Waals surface area contributed by atoms with Crippen LogP contribution in [0.25, 0.3) is 0 Å². The van der Waals surface area contributed by atoms with E-state index in [4.69, 9.17) is 4.74 Å². The summed E-state index contributed by atoms with van der Waals surface area (Å²) in [6.07, 6.45) is 1.18. The lowest BCUT2D eigenvalue weighted by molar-refractivity contribution is 0.135. The van der Waals surface area contributed by atoms with Gasteiger partial charge in [0.05, 0.1) is 4.90 Å². The second-order valence-electron chi connectivity index (χ2n) is 5.49. The van der Waals surface area contributed by atoms with Gasteiger partial charge in [-0.25, -0.2) is 12.8 Å². The minimum absolute atomic E-state index is 0.0531. The van der Waals surface area contributed by atoms with Crippen molar-refractivity contribution in [2.24, 2.45) is 0 Å². The molecule has 3 rings (SSSR count). The Bertz CT molecular complexity index is 739. The average molecular weight is 335 g/mol. The molecule has 2 aromatic rings. The van der Waals surface area contributed by atoms with Crippen LogP contribution in [0.2, 0.25) is 0 Å². The molecule has 0 spiro atoms. The minimum atomic E-state index is -3.44. The van der Waals surface area contributed by atoms with E-state index in [0.717, 1.165) is 0 Å². The Morgan fingerprint density at radius 2 is 1.57 bits per heavy atom. The quantitative estimate of drug-likeness (QED) is 0.863. The van der Waals surface area contributed by atoms with Crippen LogP contribution in [0.3, 0.4) is 0 Å². The molecule has 0 bridgehead atoms. The van der Waals surface area contributed by atoms with Gasteiger partial charge in [-0.1, -0.05) is 18.2 Å². The highest BCUT2D eigenvalue weighted by Gasteiger charge is 2.29. The van der Waals surface area contributed by atoms with Crippen LogP contribution in [-0.4, -0.2) is 31.9 Å². The van der Waals surface area contributed by atoms with Crippen molar-refractivity contribution in [3.8, 4) is 5.75 Å². The predicted octanol–water partition coefficient (Wildman–Crippen LogP) is 3.06. The summed E-state index contributed by atoms with van der Waals surface area (Å²) < 4.78 is 45.2. The first-order valence-corrected chi connectivity index (χ1v) is 8.97. The zero-order valence-corrected chi connectivity index (χ0v) is 13.4. The predicted molar refractivity (Wildman–Crippen MR) is 85.3 cm³/mol. The van der Waals surface area contributed by atoms with Gasteiger partial charge in [-0.05, 0) is 49.2 Å². The highest BCUT2D eigenvalue weighted by Crippen LogP contribution is 2.23. The molecule has 2 aromatic carbocycles. The van der Waals surface area contributed by atoms with Crippen LogP contribution >= 0.6 is 0 Å². The maximum Gasteiger partial charge on any atom is 0.243 e. The smallest absolute Gasteiger partial charge is 0.243 e.